The van der Waals surface area contributed by atoms with E-state index in [0.717, 1.165) is 5.56 Å². The number of amides is 1. The predicted octanol–water partition coefficient (Wildman–Crippen LogP) is 1.21. The molecule has 1 atom stereocenters. The Hall–Kier alpha value is -1.75. The fourth-order valence-electron chi connectivity index (χ4n) is 2.01. The maximum absolute atomic E-state index is 11.4. The van der Waals surface area contributed by atoms with Gasteiger partial charge in [-0.25, -0.2) is 0 Å². The number of methoxy groups -OCH3 is 1. The average Bonchev–Trinajstić information content (AvgIpc) is 2.37. The van der Waals surface area contributed by atoms with Gasteiger partial charge in [0.2, 0.25) is 5.91 Å². The molecule has 0 aliphatic carbocycles. The molecule has 2 N–H and O–H groups in total. The van der Waals surface area contributed by atoms with Crippen LogP contribution < -0.4 is 10.1 Å². The number of carbonyl (C=O) groups is 1. The maximum Gasteiger partial charge on any atom is 0.223 e. The van der Waals surface area contributed by atoms with Crippen molar-refractivity contribution in [3.63, 3.8) is 0 Å². The van der Waals surface area contributed by atoms with Crippen molar-refractivity contribution >= 4 is 5.91 Å². The molecule has 0 saturated carbocycles. The molecular formula is C14H22N2O3. The number of benzene rings is 1. The summed E-state index contributed by atoms with van der Waals surface area (Å²) in [7, 11) is 5.10. The molecule has 106 valence electrons. The second-order valence-electron chi connectivity index (χ2n) is 4.72. The Morgan fingerprint density at radius 1 is 1.53 bits per heavy atom. The molecule has 0 aromatic heterocycles. The molecule has 1 rings (SSSR count). The van der Waals surface area contributed by atoms with Gasteiger partial charge in [0.05, 0.1) is 7.11 Å². The van der Waals surface area contributed by atoms with Crippen LogP contribution >= 0.6 is 0 Å². The lowest BCUT2D eigenvalue weighted by Gasteiger charge is -2.20. The number of aromatic hydroxyl groups is 1. The SMILES string of the molecule is CNC(=O)C(C)CN(C)Cc1ccc(OC)c(O)c1. The molecule has 1 amide bonds. The molecule has 0 bridgehead atoms. The van der Waals surface area contributed by atoms with Gasteiger partial charge in [-0.15, -0.1) is 0 Å². The summed E-state index contributed by atoms with van der Waals surface area (Å²) in [6, 6.07) is 5.32. The molecule has 1 aromatic carbocycles. The highest BCUT2D eigenvalue weighted by Crippen LogP contribution is 2.26. The first-order valence-electron chi connectivity index (χ1n) is 6.24. The van der Waals surface area contributed by atoms with Gasteiger partial charge in [0.1, 0.15) is 0 Å². The average molecular weight is 266 g/mol. The van der Waals surface area contributed by atoms with Crippen LogP contribution in [0.2, 0.25) is 0 Å². The molecule has 1 aromatic rings. The van der Waals surface area contributed by atoms with Crippen LogP contribution in [0.15, 0.2) is 18.2 Å². The minimum Gasteiger partial charge on any atom is -0.504 e. The van der Waals surface area contributed by atoms with Crippen molar-refractivity contribution in [1.29, 1.82) is 0 Å². The predicted molar refractivity (Wildman–Crippen MR) is 74.2 cm³/mol. The summed E-state index contributed by atoms with van der Waals surface area (Å²) in [6.07, 6.45) is 0. The van der Waals surface area contributed by atoms with Crippen LogP contribution in [0.25, 0.3) is 0 Å². The van der Waals surface area contributed by atoms with Gasteiger partial charge in [0, 0.05) is 26.1 Å². The van der Waals surface area contributed by atoms with Crippen LogP contribution in [0.4, 0.5) is 0 Å². The molecule has 0 spiro atoms. The largest absolute Gasteiger partial charge is 0.504 e. The minimum absolute atomic E-state index is 0.0319. The molecule has 0 radical (unpaired) electrons. The smallest absolute Gasteiger partial charge is 0.223 e. The third-order valence-corrected chi connectivity index (χ3v) is 2.98. The van der Waals surface area contributed by atoms with E-state index in [1.165, 1.54) is 7.11 Å². The molecule has 0 heterocycles. The monoisotopic (exact) mass is 266 g/mol. The van der Waals surface area contributed by atoms with E-state index in [1.807, 2.05) is 24.9 Å². The van der Waals surface area contributed by atoms with Gasteiger partial charge >= 0.3 is 0 Å². The first-order valence-corrected chi connectivity index (χ1v) is 6.24. The lowest BCUT2D eigenvalue weighted by molar-refractivity contribution is -0.124. The molecule has 0 aliphatic rings. The Bertz CT molecular complexity index is 435. The number of nitrogens with one attached hydrogen (secondary N) is 1. The van der Waals surface area contributed by atoms with E-state index >= 15 is 0 Å². The van der Waals surface area contributed by atoms with Gasteiger partial charge in [-0.05, 0) is 24.7 Å². The van der Waals surface area contributed by atoms with Crippen molar-refractivity contribution in [1.82, 2.24) is 10.2 Å². The summed E-state index contributed by atoms with van der Waals surface area (Å²) < 4.78 is 5.00. The Kier molecular flexibility index (Phi) is 5.63. The molecule has 0 fully saturated rings. The number of carbonyl (C=O) groups excluding carboxylic acids is 1. The number of rotatable bonds is 6. The van der Waals surface area contributed by atoms with Gasteiger partial charge in [0.25, 0.3) is 0 Å². The Morgan fingerprint density at radius 2 is 2.21 bits per heavy atom. The third-order valence-electron chi connectivity index (χ3n) is 2.98. The summed E-state index contributed by atoms with van der Waals surface area (Å²) in [5.41, 5.74) is 0.977. The number of nitrogens with zero attached hydrogens (tertiary/aromatic N) is 1. The number of phenolic OH excluding ortho intramolecular Hbond substituents is 1. The highest BCUT2D eigenvalue weighted by molar-refractivity contribution is 5.78. The topological polar surface area (TPSA) is 61.8 Å². The van der Waals surface area contributed by atoms with E-state index in [1.54, 1.807) is 19.2 Å². The molecule has 0 aliphatic heterocycles. The quantitative estimate of drug-likeness (QED) is 0.812. The van der Waals surface area contributed by atoms with Gasteiger partial charge in [0.15, 0.2) is 11.5 Å². The van der Waals surface area contributed by atoms with Crippen LogP contribution in [0.1, 0.15) is 12.5 Å². The first-order chi connectivity index (χ1) is 8.97. The zero-order valence-corrected chi connectivity index (χ0v) is 11.9. The highest BCUT2D eigenvalue weighted by atomic mass is 16.5. The van der Waals surface area contributed by atoms with E-state index in [-0.39, 0.29) is 17.6 Å². The third kappa shape index (κ3) is 4.44. The van der Waals surface area contributed by atoms with Crippen molar-refractivity contribution in [2.75, 3.05) is 27.7 Å². The summed E-state index contributed by atoms with van der Waals surface area (Å²) in [6.45, 7) is 3.21. The number of ether oxygens (including phenoxy) is 1. The number of hydrogen-bond acceptors (Lipinski definition) is 4. The number of hydrogen-bond donors (Lipinski definition) is 2. The second-order valence-corrected chi connectivity index (χ2v) is 4.72. The van der Waals surface area contributed by atoms with Crippen molar-refractivity contribution in [3.8, 4) is 11.5 Å². The summed E-state index contributed by atoms with van der Waals surface area (Å²) in [4.78, 5) is 13.5. The second kappa shape index (κ2) is 6.99. The molecule has 19 heavy (non-hydrogen) atoms. The van der Waals surface area contributed by atoms with Crippen LogP contribution in [0.5, 0.6) is 11.5 Å². The Labute approximate surface area is 114 Å². The molecular weight excluding hydrogens is 244 g/mol. The lowest BCUT2D eigenvalue weighted by Crippen LogP contribution is -2.34. The van der Waals surface area contributed by atoms with Crippen molar-refractivity contribution in [3.05, 3.63) is 23.8 Å². The fraction of sp³-hybridized carbons (Fsp3) is 0.500. The van der Waals surface area contributed by atoms with Crippen LogP contribution in [-0.4, -0.2) is 43.7 Å². The standard InChI is InChI=1S/C14H22N2O3/c1-10(14(18)15-2)8-16(3)9-11-5-6-13(19-4)12(17)7-11/h5-7,10,17H,8-9H2,1-4H3,(H,15,18). The van der Waals surface area contributed by atoms with E-state index in [2.05, 4.69) is 5.32 Å². The van der Waals surface area contributed by atoms with Gasteiger partial charge in [-0.2, -0.15) is 0 Å². The van der Waals surface area contributed by atoms with Crippen molar-refractivity contribution < 1.29 is 14.6 Å². The Morgan fingerprint density at radius 3 is 2.74 bits per heavy atom. The first kappa shape index (κ1) is 15.3. The van der Waals surface area contributed by atoms with Gasteiger partial charge in [-0.1, -0.05) is 13.0 Å². The number of phenols is 1. The van der Waals surface area contributed by atoms with Crippen molar-refractivity contribution in [2.24, 2.45) is 5.92 Å². The molecule has 5 heteroatoms. The van der Waals surface area contributed by atoms with E-state index < -0.39 is 0 Å². The molecule has 1 unspecified atom stereocenters. The summed E-state index contributed by atoms with van der Waals surface area (Å²) in [5, 5.41) is 12.3. The Balaban J connectivity index is 2.59. The normalized spacial score (nSPS) is 12.3. The van der Waals surface area contributed by atoms with Crippen molar-refractivity contribution in [2.45, 2.75) is 13.5 Å². The molecule has 5 nitrogen and oxygen atoms in total. The maximum atomic E-state index is 11.4. The van der Waals surface area contributed by atoms with Gasteiger partial charge in [-0.3, -0.25) is 4.79 Å². The van der Waals surface area contributed by atoms with Crippen LogP contribution in [0.3, 0.4) is 0 Å². The van der Waals surface area contributed by atoms with Crippen LogP contribution in [0, 0.1) is 5.92 Å². The van der Waals surface area contributed by atoms with Gasteiger partial charge < -0.3 is 20.1 Å². The zero-order valence-electron chi connectivity index (χ0n) is 11.9. The van der Waals surface area contributed by atoms with E-state index in [4.69, 9.17) is 4.74 Å². The lowest BCUT2D eigenvalue weighted by atomic mass is 10.1. The zero-order chi connectivity index (χ0) is 14.4. The summed E-state index contributed by atoms with van der Waals surface area (Å²) >= 11 is 0. The molecule has 0 saturated heterocycles. The van der Waals surface area contributed by atoms with E-state index in [0.29, 0.717) is 18.8 Å². The fourth-order valence-corrected chi connectivity index (χ4v) is 2.01. The van der Waals surface area contributed by atoms with E-state index in [9.17, 15) is 9.90 Å². The minimum atomic E-state index is -0.0677. The summed E-state index contributed by atoms with van der Waals surface area (Å²) in [5.74, 6) is 0.559. The van der Waals surface area contributed by atoms with Crippen LogP contribution in [-0.2, 0) is 11.3 Å². The highest BCUT2D eigenvalue weighted by Gasteiger charge is 2.14.